The van der Waals surface area contributed by atoms with Crippen molar-refractivity contribution in [2.75, 3.05) is 13.1 Å². The van der Waals surface area contributed by atoms with E-state index in [0.29, 0.717) is 0 Å². The second-order valence-corrected chi connectivity index (χ2v) is 5.10. The number of nitrogens with one attached hydrogen (secondary N) is 1. The van der Waals surface area contributed by atoms with Crippen LogP contribution in [0.4, 0.5) is 0 Å². The molecule has 1 aromatic carbocycles. The van der Waals surface area contributed by atoms with Crippen molar-refractivity contribution in [3.05, 3.63) is 30.0 Å². The Morgan fingerprint density at radius 2 is 2.41 bits per heavy atom. The summed E-state index contributed by atoms with van der Waals surface area (Å²) in [5.74, 6) is 0.729. The van der Waals surface area contributed by atoms with E-state index in [0.717, 1.165) is 19.0 Å². The van der Waals surface area contributed by atoms with Crippen molar-refractivity contribution in [3.8, 4) is 0 Å². The third kappa shape index (κ3) is 2.20. The molecule has 1 aliphatic heterocycles. The lowest BCUT2D eigenvalue weighted by Gasteiger charge is -2.22. The quantitative estimate of drug-likeness (QED) is 0.856. The Bertz CT molecular complexity index is 509. The number of hydrogen-bond acceptors (Lipinski definition) is 2. The van der Waals surface area contributed by atoms with Crippen LogP contribution in [0, 0.1) is 12.8 Å². The molecule has 17 heavy (non-hydrogen) atoms. The predicted octanol–water partition coefficient (Wildman–Crippen LogP) is 2.34. The largest absolute Gasteiger partial charge is 0.316 e. The fourth-order valence-electron chi connectivity index (χ4n) is 2.65. The topological polar surface area (TPSA) is 29.9 Å². The molecule has 1 unspecified atom stereocenters. The second-order valence-electron chi connectivity index (χ2n) is 5.10. The first-order valence-corrected chi connectivity index (χ1v) is 6.46. The first kappa shape index (κ1) is 10.8. The van der Waals surface area contributed by atoms with E-state index in [1.165, 1.54) is 35.9 Å². The second kappa shape index (κ2) is 4.49. The zero-order valence-corrected chi connectivity index (χ0v) is 10.3. The Morgan fingerprint density at radius 3 is 3.24 bits per heavy atom. The highest BCUT2D eigenvalue weighted by Crippen LogP contribution is 2.19. The fourth-order valence-corrected chi connectivity index (χ4v) is 2.65. The Kier molecular flexibility index (Phi) is 2.85. The molecule has 1 fully saturated rings. The molecule has 3 heteroatoms. The van der Waals surface area contributed by atoms with E-state index in [9.17, 15) is 0 Å². The summed E-state index contributed by atoms with van der Waals surface area (Å²) < 4.78 is 2.17. The third-order valence-electron chi connectivity index (χ3n) is 3.63. The smallest absolute Gasteiger partial charge is 0.0685 e. The normalized spacial score (nSPS) is 20.9. The van der Waals surface area contributed by atoms with E-state index in [1.54, 1.807) is 0 Å². The van der Waals surface area contributed by atoms with E-state index in [2.05, 4.69) is 40.2 Å². The third-order valence-corrected chi connectivity index (χ3v) is 3.63. The summed E-state index contributed by atoms with van der Waals surface area (Å²) in [5, 5.41) is 9.23. The zero-order valence-electron chi connectivity index (χ0n) is 10.3. The van der Waals surface area contributed by atoms with Gasteiger partial charge in [0.1, 0.15) is 0 Å². The van der Waals surface area contributed by atoms with Gasteiger partial charge >= 0.3 is 0 Å². The van der Waals surface area contributed by atoms with Crippen molar-refractivity contribution in [1.82, 2.24) is 15.1 Å². The van der Waals surface area contributed by atoms with Gasteiger partial charge in [-0.3, -0.25) is 4.68 Å². The van der Waals surface area contributed by atoms with Crippen LogP contribution in [0.1, 0.15) is 18.4 Å². The van der Waals surface area contributed by atoms with Gasteiger partial charge in [-0.25, -0.2) is 0 Å². The fraction of sp³-hybridized carbons (Fsp3) is 0.500. The molecule has 1 N–H and O–H groups in total. The van der Waals surface area contributed by atoms with Crippen LogP contribution in [-0.4, -0.2) is 22.9 Å². The number of hydrogen-bond donors (Lipinski definition) is 1. The minimum atomic E-state index is 0.729. The summed E-state index contributed by atoms with van der Waals surface area (Å²) >= 11 is 0. The molecule has 0 amide bonds. The first-order chi connectivity index (χ1) is 8.33. The molecule has 0 radical (unpaired) electrons. The first-order valence-electron chi connectivity index (χ1n) is 6.46. The van der Waals surface area contributed by atoms with Gasteiger partial charge in [0, 0.05) is 11.9 Å². The molecule has 3 nitrogen and oxygen atoms in total. The number of benzene rings is 1. The van der Waals surface area contributed by atoms with Crippen LogP contribution < -0.4 is 5.32 Å². The van der Waals surface area contributed by atoms with Crippen molar-refractivity contribution in [1.29, 1.82) is 0 Å². The minimum absolute atomic E-state index is 0.729. The van der Waals surface area contributed by atoms with E-state index in [1.807, 2.05) is 6.20 Å². The molecule has 1 atom stereocenters. The van der Waals surface area contributed by atoms with Gasteiger partial charge in [0.15, 0.2) is 0 Å². The van der Waals surface area contributed by atoms with E-state index in [-0.39, 0.29) is 0 Å². The van der Waals surface area contributed by atoms with E-state index < -0.39 is 0 Å². The molecular formula is C14H19N3. The summed E-state index contributed by atoms with van der Waals surface area (Å²) in [5.41, 5.74) is 2.58. The van der Waals surface area contributed by atoms with Gasteiger partial charge in [0.05, 0.1) is 11.7 Å². The molecule has 0 bridgehead atoms. The van der Waals surface area contributed by atoms with Crippen LogP contribution in [-0.2, 0) is 6.54 Å². The zero-order chi connectivity index (χ0) is 11.7. The van der Waals surface area contributed by atoms with Crippen LogP contribution >= 0.6 is 0 Å². The summed E-state index contributed by atoms with van der Waals surface area (Å²) in [4.78, 5) is 0. The molecular weight excluding hydrogens is 210 g/mol. The summed E-state index contributed by atoms with van der Waals surface area (Å²) in [6.45, 7) is 5.49. The highest BCUT2D eigenvalue weighted by Gasteiger charge is 2.14. The average molecular weight is 229 g/mol. The van der Waals surface area contributed by atoms with Crippen LogP contribution in [0.25, 0.3) is 10.9 Å². The van der Waals surface area contributed by atoms with Crippen LogP contribution in [0.5, 0.6) is 0 Å². The molecule has 0 spiro atoms. The van der Waals surface area contributed by atoms with Crippen LogP contribution in [0.15, 0.2) is 24.4 Å². The lowest BCUT2D eigenvalue weighted by atomic mass is 10.00. The van der Waals surface area contributed by atoms with Gasteiger partial charge in [0.25, 0.3) is 0 Å². The highest BCUT2D eigenvalue weighted by molar-refractivity contribution is 5.79. The molecule has 0 saturated carbocycles. The molecule has 1 saturated heterocycles. The Morgan fingerprint density at radius 1 is 1.47 bits per heavy atom. The molecule has 90 valence electrons. The maximum atomic E-state index is 4.52. The molecule has 1 aromatic heterocycles. The Hall–Kier alpha value is -1.35. The lowest BCUT2D eigenvalue weighted by Crippen LogP contribution is -2.32. The number of rotatable bonds is 2. The average Bonchev–Trinajstić information content (AvgIpc) is 2.73. The van der Waals surface area contributed by atoms with Crippen LogP contribution in [0.2, 0.25) is 0 Å². The molecule has 1 aliphatic rings. The molecule has 0 aliphatic carbocycles. The van der Waals surface area contributed by atoms with Gasteiger partial charge < -0.3 is 5.32 Å². The number of piperidine rings is 1. The molecule has 2 aromatic rings. The SMILES string of the molecule is Cc1ccc2cnn(CC3CCCNC3)c2c1. The Balaban J connectivity index is 1.86. The van der Waals surface area contributed by atoms with Gasteiger partial charge in [-0.2, -0.15) is 5.10 Å². The number of aromatic nitrogens is 2. The van der Waals surface area contributed by atoms with Gasteiger partial charge in [-0.05, 0) is 50.4 Å². The standard InChI is InChI=1S/C14H19N3/c1-11-4-5-13-9-16-17(14(13)7-11)10-12-3-2-6-15-8-12/h4-5,7,9,12,15H,2-3,6,8,10H2,1H3. The summed E-state index contributed by atoms with van der Waals surface area (Å²) in [7, 11) is 0. The van der Waals surface area contributed by atoms with Gasteiger partial charge in [0.2, 0.25) is 0 Å². The van der Waals surface area contributed by atoms with Crippen molar-refractivity contribution in [2.24, 2.45) is 5.92 Å². The number of aryl methyl sites for hydroxylation is 1. The minimum Gasteiger partial charge on any atom is -0.316 e. The maximum absolute atomic E-state index is 4.52. The monoisotopic (exact) mass is 229 g/mol. The summed E-state index contributed by atoms with van der Waals surface area (Å²) in [6.07, 6.45) is 4.59. The Labute approximate surface area is 102 Å². The number of fused-ring (bicyclic) bond motifs is 1. The highest BCUT2D eigenvalue weighted by atomic mass is 15.3. The molecule has 2 heterocycles. The van der Waals surface area contributed by atoms with Crippen molar-refractivity contribution >= 4 is 10.9 Å². The van der Waals surface area contributed by atoms with Gasteiger partial charge in [-0.1, -0.05) is 12.1 Å². The maximum Gasteiger partial charge on any atom is 0.0685 e. The van der Waals surface area contributed by atoms with E-state index >= 15 is 0 Å². The van der Waals surface area contributed by atoms with Crippen LogP contribution in [0.3, 0.4) is 0 Å². The van der Waals surface area contributed by atoms with Gasteiger partial charge in [-0.15, -0.1) is 0 Å². The summed E-state index contributed by atoms with van der Waals surface area (Å²) in [6, 6.07) is 6.54. The van der Waals surface area contributed by atoms with E-state index in [4.69, 9.17) is 0 Å². The lowest BCUT2D eigenvalue weighted by molar-refractivity contribution is 0.329. The molecule has 3 rings (SSSR count). The van der Waals surface area contributed by atoms with Crippen molar-refractivity contribution in [2.45, 2.75) is 26.3 Å². The van der Waals surface area contributed by atoms with Crippen molar-refractivity contribution in [3.63, 3.8) is 0 Å². The number of nitrogens with zero attached hydrogens (tertiary/aromatic N) is 2. The van der Waals surface area contributed by atoms with Crippen molar-refractivity contribution < 1.29 is 0 Å². The predicted molar refractivity (Wildman–Crippen MR) is 70.1 cm³/mol.